The molecule has 3 N–H and O–H groups in total. The summed E-state index contributed by atoms with van der Waals surface area (Å²) in [6, 6.07) is 0. The van der Waals surface area contributed by atoms with E-state index in [9.17, 15) is 4.79 Å². The van der Waals surface area contributed by atoms with Crippen LogP contribution in [0.2, 0.25) is 0 Å². The molecule has 0 aromatic carbocycles. The van der Waals surface area contributed by atoms with Gasteiger partial charge in [0.2, 0.25) is 5.91 Å². The van der Waals surface area contributed by atoms with Gasteiger partial charge in [-0.1, -0.05) is 19.3 Å². The van der Waals surface area contributed by atoms with Crippen LogP contribution in [0.3, 0.4) is 0 Å². The van der Waals surface area contributed by atoms with Crippen LogP contribution in [-0.4, -0.2) is 18.0 Å². The Morgan fingerprint density at radius 3 is 2.31 bits per heavy atom. The zero-order valence-corrected chi connectivity index (χ0v) is 10.7. The second kappa shape index (κ2) is 5.87. The number of hydrogen-bond acceptors (Lipinski definition) is 2. The minimum absolute atomic E-state index is 0. The zero-order chi connectivity index (χ0) is 10.7. The van der Waals surface area contributed by atoms with E-state index in [-0.39, 0.29) is 18.3 Å². The van der Waals surface area contributed by atoms with Gasteiger partial charge in [-0.15, -0.1) is 12.4 Å². The molecular weight excluding hydrogens is 224 g/mol. The fourth-order valence-corrected chi connectivity index (χ4v) is 2.59. The molecule has 2 aliphatic rings. The Morgan fingerprint density at radius 1 is 1.19 bits per heavy atom. The number of carbonyl (C=O) groups is 1. The van der Waals surface area contributed by atoms with Crippen molar-refractivity contribution in [2.75, 3.05) is 6.54 Å². The predicted molar refractivity (Wildman–Crippen MR) is 67.6 cm³/mol. The van der Waals surface area contributed by atoms with Gasteiger partial charge in [0.05, 0.1) is 5.54 Å². The summed E-state index contributed by atoms with van der Waals surface area (Å²) in [4.78, 5) is 11.8. The van der Waals surface area contributed by atoms with E-state index >= 15 is 0 Å². The van der Waals surface area contributed by atoms with Gasteiger partial charge >= 0.3 is 0 Å². The van der Waals surface area contributed by atoms with Crippen LogP contribution in [0.25, 0.3) is 0 Å². The van der Waals surface area contributed by atoms with Crippen LogP contribution < -0.4 is 11.1 Å². The minimum Gasteiger partial charge on any atom is -0.354 e. The van der Waals surface area contributed by atoms with Crippen molar-refractivity contribution in [3.05, 3.63) is 0 Å². The molecule has 0 atom stereocenters. The Bertz CT molecular complexity index is 235. The van der Waals surface area contributed by atoms with Crippen molar-refractivity contribution in [1.82, 2.24) is 5.32 Å². The van der Waals surface area contributed by atoms with Gasteiger partial charge < -0.3 is 11.1 Å². The number of rotatable bonds is 3. The first-order chi connectivity index (χ1) is 7.21. The average Bonchev–Trinajstić information content (AvgIpc) is 2.24. The Morgan fingerprint density at radius 2 is 1.81 bits per heavy atom. The third-order valence-electron chi connectivity index (χ3n) is 3.97. The molecular formula is C12H23ClN2O. The molecule has 2 aliphatic carbocycles. The average molecular weight is 247 g/mol. The fourth-order valence-electron chi connectivity index (χ4n) is 2.59. The summed E-state index contributed by atoms with van der Waals surface area (Å²) >= 11 is 0. The van der Waals surface area contributed by atoms with Gasteiger partial charge in [-0.2, -0.15) is 0 Å². The molecule has 0 heterocycles. The number of amides is 1. The smallest absolute Gasteiger partial charge is 0.240 e. The maximum absolute atomic E-state index is 11.8. The first kappa shape index (κ1) is 13.8. The van der Waals surface area contributed by atoms with Gasteiger partial charge in [0.15, 0.2) is 0 Å². The fraction of sp³-hybridized carbons (Fsp3) is 0.917. The molecule has 1 amide bonds. The van der Waals surface area contributed by atoms with Gasteiger partial charge in [-0.25, -0.2) is 0 Å². The Labute approximate surface area is 104 Å². The third kappa shape index (κ3) is 3.11. The maximum atomic E-state index is 11.8. The van der Waals surface area contributed by atoms with Crippen LogP contribution in [0, 0.1) is 5.92 Å². The molecule has 2 fully saturated rings. The Kier molecular flexibility index (Phi) is 5.06. The zero-order valence-electron chi connectivity index (χ0n) is 9.84. The monoisotopic (exact) mass is 246 g/mol. The minimum atomic E-state index is -0.519. The van der Waals surface area contributed by atoms with Gasteiger partial charge in [0, 0.05) is 6.54 Å². The van der Waals surface area contributed by atoms with Crippen LogP contribution in [0.4, 0.5) is 0 Å². The van der Waals surface area contributed by atoms with Gasteiger partial charge in [-0.05, 0) is 38.0 Å². The quantitative estimate of drug-likeness (QED) is 0.800. The molecule has 4 heteroatoms. The standard InChI is InChI=1S/C12H22N2O.ClH/c13-12(7-4-8-12)11(15)14-9-10-5-2-1-3-6-10;/h10H,1-9,13H2,(H,14,15);1H. The summed E-state index contributed by atoms with van der Waals surface area (Å²) in [6.45, 7) is 0.845. The van der Waals surface area contributed by atoms with E-state index in [0.29, 0.717) is 5.92 Å². The normalized spacial score (nSPS) is 24.1. The Balaban J connectivity index is 0.00000128. The van der Waals surface area contributed by atoms with Crippen LogP contribution in [-0.2, 0) is 4.79 Å². The number of hydrogen-bond donors (Lipinski definition) is 2. The summed E-state index contributed by atoms with van der Waals surface area (Å²) in [5, 5.41) is 3.03. The molecule has 0 radical (unpaired) electrons. The van der Waals surface area contributed by atoms with Crippen molar-refractivity contribution in [3.8, 4) is 0 Å². The van der Waals surface area contributed by atoms with E-state index in [4.69, 9.17) is 5.73 Å². The molecule has 0 aromatic heterocycles. The lowest BCUT2D eigenvalue weighted by Gasteiger charge is -2.36. The molecule has 16 heavy (non-hydrogen) atoms. The molecule has 0 spiro atoms. The molecule has 0 aromatic rings. The molecule has 0 unspecified atom stereocenters. The van der Waals surface area contributed by atoms with Crippen molar-refractivity contribution in [1.29, 1.82) is 0 Å². The molecule has 2 rings (SSSR count). The van der Waals surface area contributed by atoms with E-state index in [1.165, 1.54) is 32.1 Å². The van der Waals surface area contributed by atoms with Crippen molar-refractivity contribution < 1.29 is 4.79 Å². The van der Waals surface area contributed by atoms with Crippen LogP contribution in [0.1, 0.15) is 51.4 Å². The third-order valence-corrected chi connectivity index (χ3v) is 3.97. The van der Waals surface area contributed by atoms with Crippen LogP contribution in [0.15, 0.2) is 0 Å². The molecule has 94 valence electrons. The van der Waals surface area contributed by atoms with Crippen molar-refractivity contribution in [2.24, 2.45) is 11.7 Å². The first-order valence-corrected chi connectivity index (χ1v) is 6.28. The van der Waals surface area contributed by atoms with E-state index in [1.807, 2.05) is 0 Å². The van der Waals surface area contributed by atoms with Crippen molar-refractivity contribution in [3.63, 3.8) is 0 Å². The lowest BCUT2D eigenvalue weighted by Crippen LogP contribution is -2.59. The molecule has 3 nitrogen and oxygen atoms in total. The maximum Gasteiger partial charge on any atom is 0.240 e. The summed E-state index contributed by atoms with van der Waals surface area (Å²) in [6.07, 6.45) is 9.41. The highest BCUT2D eigenvalue weighted by Gasteiger charge is 2.39. The van der Waals surface area contributed by atoms with E-state index < -0.39 is 5.54 Å². The topological polar surface area (TPSA) is 55.1 Å². The molecule has 0 bridgehead atoms. The summed E-state index contributed by atoms with van der Waals surface area (Å²) in [5.74, 6) is 0.783. The molecule has 2 saturated carbocycles. The Hall–Kier alpha value is -0.280. The summed E-state index contributed by atoms with van der Waals surface area (Å²) in [7, 11) is 0. The lowest BCUT2D eigenvalue weighted by atomic mass is 9.77. The summed E-state index contributed by atoms with van der Waals surface area (Å²) < 4.78 is 0. The first-order valence-electron chi connectivity index (χ1n) is 6.28. The molecule has 0 saturated heterocycles. The van der Waals surface area contributed by atoms with E-state index in [2.05, 4.69) is 5.32 Å². The van der Waals surface area contributed by atoms with Crippen LogP contribution in [0.5, 0.6) is 0 Å². The number of carbonyl (C=O) groups excluding carboxylic acids is 1. The lowest BCUT2D eigenvalue weighted by molar-refractivity contribution is -0.129. The number of nitrogens with one attached hydrogen (secondary N) is 1. The van der Waals surface area contributed by atoms with Gasteiger partial charge in [0.1, 0.15) is 0 Å². The summed E-state index contributed by atoms with van der Waals surface area (Å²) in [5.41, 5.74) is 5.43. The van der Waals surface area contributed by atoms with Crippen LogP contribution >= 0.6 is 12.4 Å². The largest absolute Gasteiger partial charge is 0.354 e. The number of nitrogens with two attached hydrogens (primary N) is 1. The van der Waals surface area contributed by atoms with Gasteiger partial charge in [-0.3, -0.25) is 4.79 Å². The number of halogens is 1. The predicted octanol–water partition coefficient (Wildman–Crippen LogP) is 1.99. The SMILES string of the molecule is Cl.NC1(C(=O)NCC2CCCCC2)CCC1. The second-order valence-electron chi connectivity index (χ2n) is 5.22. The highest BCUT2D eigenvalue weighted by molar-refractivity contribution is 5.87. The highest BCUT2D eigenvalue weighted by atomic mass is 35.5. The second-order valence-corrected chi connectivity index (χ2v) is 5.22. The van der Waals surface area contributed by atoms with Crippen molar-refractivity contribution >= 4 is 18.3 Å². The van der Waals surface area contributed by atoms with E-state index in [1.54, 1.807) is 0 Å². The van der Waals surface area contributed by atoms with E-state index in [0.717, 1.165) is 25.8 Å². The molecule has 0 aliphatic heterocycles. The van der Waals surface area contributed by atoms with Gasteiger partial charge in [0.25, 0.3) is 0 Å². The highest BCUT2D eigenvalue weighted by Crippen LogP contribution is 2.29. The van der Waals surface area contributed by atoms with Crippen molar-refractivity contribution in [2.45, 2.75) is 56.9 Å².